The molecule has 3 rings (SSSR count). The van der Waals surface area contributed by atoms with Crippen LogP contribution in [0.1, 0.15) is 17.2 Å². The van der Waals surface area contributed by atoms with Gasteiger partial charge in [-0.2, -0.15) is 0 Å². The van der Waals surface area contributed by atoms with Crippen LogP contribution >= 0.6 is 0 Å². The lowest BCUT2D eigenvalue weighted by Gasteiger charge is -2.23. The molecule has 0 radical (unpaired) electrons. The third-order valence-corrected chi connectivity index (χ3v) is 4.29. The predicted molar refractivity (Wildman–Crippen MR) is 96.2 cm³/mol. The molecule has 1 fully saturated rings. The number of ketones is 1. The summed E-state index contributed by atoms with van der Waals surface area (Å²) in [7, 11) is 0. The Balaban J connectivity index is 2.23. The first-order valence-corrected chi connectivity index (χ1v) is 8.11. The first-order chi connectivity index (χ1) is 13.3. The molecule has 0 saturated carbocycles. The Morgan fingerprint density at radius 2 is 1.75 bits per heavy atom. The molecule has 2 aromatic carbocycles. The standard InChI is InChI=1S/C19H14N2O7/c22-14(23)10-20-16(12-7-4-8-13(9-12)21(27)28)15(18(25)19(20)26)17(24)11-5-2-1-3-6-11/h1-9,16,24H,10H2,(H,22,23)/b17-15-. The number of amides is 1. The number of nitro groups is 1. The minimum absolute atomic E-state index is 0.145. The Morgan fingerprint density at radius 3 is 2.36 bits per heavy atom. The molecule has 2 aromatic rings. The molecule has 1 saturated heterocycles. The summed E-state index contributed by atoms with van der Waals surface area (Å²) < 4.78 is 0. The quantitative estimate of drug-likeness (QED) is 0.265. The van der Waals surface area contributed by atoms with E-state index in [-0.39, 0.29) is 22.4 Å². The maximum absolute atomic E-state index is 12.6. The minimum Gasteiger partial charge on any atom is -0.507 e. The smallest absolute Gasteiger partial charge is 0.323 e. The minimum atomic E-state index is -1.36. The Bertz CT molecular complexity index is 1010. The van der Waals surface area contributed by atoms with Crippen LogP contribution in [0.3, 0.4) is 0 Å². The van der Waals surface area contributed by atoms with E-state index in [9.17, 15) is 29.6 Å². The Labute approximate surface area is 158 Å². The number of non-ortho nitro benzene ring substituents is 1. The first-order valence-electron chi connectivity index (χ1n) is 8.11. The maximum Gasteiger partial charge on any atom is 0.323 e. The molecule has 142 valence electrons. The molecule has 1 aliphatic heterocycles. The van der Waals surface area contributed by atoms with E-state index in [0.717, 1.165) is 11.0 Å². The second kappa shape index (κ2) is 7.31. The van der Waals surface area contributed by atoms with Crippen molar-refractivity contribution >= 4 is 29.1 Å². The third kappa shape index (κ3) is 3.32. The van der Waals surface area contributed by atoms with Crippen molar-refractivity contribution in [3.8, 4) is 0 Å². The largest absolute Gasteiger partial charge is 0.507 e. The lowest BCUT2D eigenvalue weighted by Crippen LogP contribution is -2.34. The van der Waals surface area contributed by atoms with Crippen molar-refractivity contribution in [3.63, 3.8) is 0 Å². The maximum atomic E-state index is 12.6. The molecule has 1 aliphatic rings. The zero-order valence-corrected chi connectivity index (χ0v) is 14.3. The van der Waals surface area contributed by atoms with Gasteiger partial charge in [-0.25, -0.2) is 0 Å². The first kappa shape index (κ1) is 18.8. The van der Waals surface area contributed by atoms with Gasteiger partial charge >= 0.3 is 5.97 Å². The lowest BCUT2D eigenvalue weighted by molar-refractivity contribution is -0.384. The summed E-state index contributed by atoms with van der Waals surface area (Å²) in [5.41, 5.74) is -0.213. The molecule has 9 nitrogen and oxygen atoms in total. The lowest BCUT2D eigenvalue weighted by atomic mass is 9.95. The molecule has 0 aliphatic carbocycles. The van der Waals surface area contributed by atoms with Crippen LogP contribution in [0.2, 0.25) is 0 Å². The summed E-state index contributed by atoms with van der Waals surface area (Å²) in [4.78, 5) is 47.4. The van der Waals surface area contributed by atoms with Crippen LogP contribution < -0.4 is 0 Å². The predicted octanol–water partition coefficient (Wildman–Crippen LogP) is 2.10. The van der Waals surface area contributed by atoms with Gasteiger partial charge in [0.25, 0.3) is 17.4 Å². The summed E-state index contributed by atoms with van der Waals surface area (Å²) in [6.07, 6.45) is 0. The van der Waals surface area contributed by atoms with Gasteiger partial charge < -0.3 is 15.1 Å². The van der Waals surface area contributed by atoms with E-state index in [1.165, 1.54) is 30.3 Å². The number of hydrogen-bond acceptors (Lipinski definition) is 6. The molecule has 9 heteroatoms. The van der Waals surface area contributed by atoms with Crippen LogP contribution in [0.5, 0.6) is 0 Å². The van der Waals surface area contributed by atoms with Crippen LogP contribution in [-0.4, -0.2) is 44.2 Å². The topological polar surface area (TPSA) is 138 Å². The summed E-state index contributed by atoms with van der Waals surface area (Å²) >= 11 is 0. The molecule has 1 atom stereocenters. The molecule has 2 N–H and O–H groups in total. The number of nitro benzene ring substituents is 1. The van der Waals surface area contributed by atoms with Crippen LogP contribution in [0.4, 0.5) is 5.69 Å². The number of carboxylic acids is 1. The normalized spacial score (nSPS) is 18.3. The van der Waals surface area contributed by atoms with Gasteiger partial charge in [-0.3, -0.25) is 24.5 Å². The average Bonchev–Trinajstić information content (AvgIpc) is 2.92. The van der Waals surface area contributed by atoms with Crippen LogP contribution in [0.15, 0.2) is 60.2 Å². The molecule has 1 heterocycles. The Kier molecular flexibility index (Phi) is 4.90. The number of rotatable bonds is 5. The number of aliphatic hydroxyl groups excluding tert-OH is 1. The molecule has 28 heavy (non-hydrogen) atoms. The van der Waals surface area contributed by atoms with Gasteiger partial charge in [0, 0.05) is 17.7 Å². The van der Waals surface area contributed by atoms with Crippen molar-refractivity contribution in [2.24, 2.45) is 0 Å². The average molecular weight is 382 g/mol. The fourth-order valence-electron chi connectivity index (χ4n) is 3.10. The highest BCUT2D eigenvalue weighted by Crippen LogP contribution is 2.39. The van der Waals surface area contributed by atoms with Gasteiger partial charge in [0.2, 0.25) is 0 Å². The number of hydrogen-bond donors (Lipinski definition) is 2. The van der Waals surface area contributed by atoms with Gasteiger partial charge in [-0.05, 0) is 5.56 Å². The number of aliphatic hydroxyl groups is 1. The molecule has 0 bridgehead atoms. The number of nitrogens with zero attached hydrogens (tertiary/aromatic N) is 2. The SMILES string of the molecule is O=C(O)CN1C(=O)C(=O)/C(=C(\O)c2ccccc2)C1c1cccc([N+](=O)[O-])c1. The van der Waals surface area contributed by atoms with Crippen molar-refractivity contribution in [3.05, 3.63) is 81.4 Å². The summed E-state index contributed by atoms with van der Waals surface area (Å²) in [6.45, 7) is -0.802. The highest BCUT2D eigenvalue weighted by molar-refractivity contribution is 6.46. The van der Waals surface area contributed by atoms with E-state index >= 15 is 0 Å². The fourth-order valence-corrected chi connectivity index (χ4v) is 3.10. The second-order valence-corrected chi connectivity index (χ2v) is 6.04. The van der Waals surface area contributed by atoms with E-state index in [0.29, 0.717) is 0 Å². The Hall–Kier alpha value is -4.01. The summed E-state index contributed by atoms with van der Waals surface area (Å²) in [6, 6.07) is 11.8. The van der Waals surface area contributed by atoms with Gasteiger partial charge in [0.05, 0.1) is 16.5 Å². The number of carboxylic acid groups (broad SMARTS) is 1. The highest BCUT2D eigenvalue weighted by atomic mass is 16.6. The number of benzene rings is 2. The van der Waals surface area contributed by atoms with E-state index in [1.807, 2.05) is 0 Å². The molecular weight excluding hydrogens is 368 g/mol. The molecule has 0 aromatic heterocycles. The van der Waals surface area contributed by atoms with Gasteiger partial charge in [0.15, 0.2) is 0 Å². The number of Topliss-reactive ketones (excluding diaryl/α,β-unsaturated/α-hetero) is 1. The fraction of sp³-hybridized carbons (Fsp3) is 0.105. The molecule has 1 unspecified atom stereocenters. The van der Waals surface area contributed by atoms with Crippen LogP contribution in [-0.2, 0) is 14.4 Å². The van der Waals surface area contributed by atoms with E-state index < -0.39 is 40.9 Å². The number of likely N-dealkylation sites (tertiary alicyclic amines) is 1. The van der Waals surface area contributed by atoms with E-state index in [1.54, 1.807) is 18.2 Å². The van der Waals surface area contributed by atoms with Gasteiger partial charge in [0.1, 0.15) is 12.3 Å². The third-order valence-electron chi connectivity index (χ3n) is 4.29. The van der Waals surface area contributed by atoms with Gasteiger partial charge in [-0.1, -0.05) is 42.5 Å². The molecule has 1 amide bonds. The number of carbonyl (C=O) groups excluding carboxylic acids is 2. The van der Waals surface area contributed by atoms with E-state index in [2.05, 4.69) is 0 Å². The zero-order valence-electron chi connectivity index (χ0n) is 14.3. The van der Waals surface area contributed by atoms with E-state index in [4.69, 9.17) is 5.11 Å². The van der Waals surface area contributed by atoms with Crippen LogP contribution in [0.25, 0.3) is 5.76 Å². The monoisotopic (exact) mass is 382 g/mol. The van der Waals surface area contributed by atoms with Crippen molar-refractivity contribution < 1.29 is 29.5 Å². The molecule has 0 spiro atoms. The van der Waals surface area contributed by atoms with Crippen molar-refractivity contribution in [1.29, 1.82) is 0 Å². The van der Waals surface area contributed by atoms with Crippen molar-refractivity contribution in [2.45, 2.75) is 6.04 Å². The highest BCUT2D eigenvalue weighted by Gasteiger charge is 2.47. The Morgan fingerprint density at radius 1 is 1.07 bits per heavy atom. The number of aliphatic carboxylic acids is 1. The number of carbonyl (C=O) groups is 3. The van der Waals surface area contributed by atoms with Crippen molar-refractivity contribution in [2.75, 3.05) is 6.54 Å². The summed E-state index contributed by atoms with van der Waals surface area (Å²) in [5, 5.41) is 30.9. The van der Waals surface area contributed by atoms with Gasteiger partial charge in [-0.15, -0.1) is 0 Å². The summed E-state index contributed by atoms with van der Waals surface area (Å²) in [5.74, 6) is -4.00. The zero-order chi connectivity index (χ0) is 20.4. The van der Waals surface area contributed by atoms with Crippen molar-refractivity contribution in [1.82, 2.24) is 4.90 Å². The van der Waals surface area contributed by atoms with Crippen LogP contribution in [0, 0.1) is 10.1 Å². The second-order valence-electron chi connectivity index (χ2n) is 6.04. The molecular formula is C19H14N2O7.